The number of fused-ring (bicyclic) bond motifs is 1. The molecule has 2 heterocycles. The Bertz CT molecular complexity index is 1490. The second-order valence-corrected chi connectivity index (χ2v) is 10.6. The third-order valence-corrected chi connectivity index (χ3v) is 7.55. The van der Waals surface area contributed by atoms with Gasteiger partial charge in [-0.15, -0.1) is 0 Å². The summed E-state index contributed by atoms with van der Waals surface area (Å²) in [6, 6.07) is 8.85. The zero-order chi connectivity index (χ0) is 31.1. The van der Waals surface area contributed by atoms with E-state index in [-0.39, 0.29) is 38.0 Å². The molecule has 4 rings (SSSR count). The maximum atomic E-state index is 13.5. The highest BCUT2D eigenvalue weighted by Crippen LogP contribution is 2.21. The molecule has 13 heteroatoms. The van der Waals surface area contributed by atoms with Crippen molar-refractivity contribution in [1.82, 2.24) is 20.5 Å². The van der Waals surface area contributed by atoms with Crippen LogP contribution in [0.3, 0.4) is 0 Å². The summed E-state index contributed by atoms with van der Waals surface area (Å²) in [4.78, 5) is 67.4. The molecule has 1 aromatic heterocycles. The summed E-state index contributed by atoms with van der Waals surface area (Å²) in [5.41, 5.74) is 8.03. The number of amides is 3. The Hall–Kier alpha value is -4.91. The van der Waals surface area contributed by atoms with Gasteiger partial charge in [0.2, 0.25) is 17.7 Å². The minimum atomic E-state index is -1.30. The van der Waals surface area contributed by atoms with E-state index in [9.17, 15) is 34.2 Å². The first-order valence-corrected chi connectivity index (χ1v) is 14.0. The average Bonchev–Trinajstić information content (AvgIpc) is 3.63. The van der Waals surface area contributed by atoms with E-state index in [4.69, 9.17) is 10.8 Å². The van der Waals surface area contributed by atoms with Gasteiger partial charge in [0.1, 0.15) is 23.9 Å². The molecule has 4 unspecified atom stereocenters. The van der Waals surface area contributed by atoms with Gasteiger partial charge in [0.25, 0.3) is 0 Å². The van der Waals surface area contributed by atoms with E-state index in [0.717, 1.165) is 10.9 Å². The lowest BCUT2D eigenvalue weighted by Crippen LogP contribution is -2.57. The van der Waals surface area contributed by atoms with Crippen molar-refractivity contribution in [3.05, 3.63) is 65.9 Å². The van der Waals surface area contributed by atoms with Crippen molar-refractivity contribution in [3.8, 4) is 5.75 Å². The Labute approximate surface area is 247 Å². The molecule has 1 aliphatic rings. The molecule has 8 N–H and O–H groups in total. The summed E-state index contributed by atoms with van der Waals surface area (Å²) in [7, 11) is 0. The number of hydrogen-bond donors (Lipinski definition) is 7. The second kappa shape index (κ2) is 13.8. The molecule has 43 heavy (non-hydrogen) atoms. The standard InChI is InChI=1S/C30H35N5O8/c31-21(11-12-26(37)38)29(41)35-13-3-6-25(35)28(40)33-23(14-17-7-9-19(36)10-8-17)27(39)34-24(30(42)43)15-18-16-32-22-5-2-1-4-20(18)22/h1-2,4-5,7-10,16,21,23-25,32,36H,3,6,11-15,31H2,(H,33,40)(H,34,39)(H,37,38)(H,42,43). The van der Waals surface area contributed by atoms with E-state index in [1.165, 1.54) is 17.0 Å². The highest BCUT2D eigenvalue weighted by atomic mass is 16.4. The van der Waals surface area contributed by atoms with Gasteiger partial charge in [-0.3, -0.25) is 19.2 Å². The van der Waals surface area contributed by atoms with Gasteiger partial charge in [-0.05, 0) is 48.6 Å². The first-order valence-electron chi connectivity index (χ1n) is 14.0. The number of carboxylic acid groups (broad SMARTS) is 2. The van der Waals surface area contributed by atoms with Crippen LogP contribution in [0.4, 0.5) is 0 Å². The molecule has 0 spiro atoms. The number of likely N-dealkylation sites (tertiary alicyclic amines) is 1. The molecule has 1 fully saturated rings. The number of aromatic amines is 1. The van der Waals surface area contributed by atoms with Crippen molar-refractivity contribution in [2.75, 3.05) is 6.54 Å². The molecule has 0 saturated carbocycles. The van der Waals surface area contributed by atoms with Crippen molar-refractivity contribution in [3.63, 3.8) is 0 Å². The van der Waals surface area contributed by atoms with E-state index in [1.54, 1.807) is 18.3 Å². The van der Waals surface area contributed by atoms with Gasteiger partial charge in [-0.1, -0.05) is 30.3 Å². The predicted molar refractivity (Wildman–Crippen MR) is 155 cm³/mol. The molecule has 0 radical (unpaired) electrons. The van der Waals surface area contributed by atoms with Crippen LogP contribution in [-0.2, 0) is 36.8 Å². The first kappa shape index (κ1) is 31.0. The maximum Gasteiger partial charge on any atom is 0.326 e. The number of carbonyl (C=O) groups is 5. The van der Waals surface area contributed by atoms with Crippen LogP contribution in [0.2, 0.25) is 0 Å². The minimum Gasteiger partial charge on any atom is -0.508 e. The van der Waals surface area contributed by atoms with E-state index in [0.29, 0.717) is 24.0 Å². The maximum absolute atomic E-state index is 13.5. The van der Waals surface area contributed by atoms with Crippen LogP contribution < -0.4 is 16.4 Å². The van der Waals surface area contributed by atoms with Gasteiger partial charge >= 0.3 is 11.9 Å². The molecule has 3 amide bonds. The summed E-state index contributed by atoms with van der Waals surface area (Å²) in [5.74, 6) is -4.23. The molecule has 13 nitrogen and oxygen atoms in total. The van der Waals surface area contributed by atoms with Crippen LogP contribution in [0, 0.1) is 0 Å². The number of benzene rings is 2. The number of phenols is 1. The van der Waals surface area contributed by atoms with E-state index >= 15 is 0 Å². The van der Waals surface area contributed by atoms with Crippen molar-refractivity contribution < 1.29 is 39.3 Å². The molecule has 0 aliphatic carbocycles. The van der Waals surface area contributed by atoms with Gasteiger partial charge in [0.05, 0.1) is 6.04 Å². The summed E-state index contributed by atoms with van der Waals surface area (Å²) in [6.45, 7) is 0.248. The van der Waals surface area contributed by atoms with Crippen molar-refractivity contribution in [2.24, 2.45) is 5.73 Å². The van der Waals surface area contributed by atoms with Crippen LogP contribution in [0.25, 0.3) is 10.9 Å². The monoisotopic (exact) mass is 593 g/mol. The largest absolute Gasteiger partial charge is 0.508 e. The Morgan fingerprint density at radius 2 is 1.70 bits per heavy atom. The molecule has 2 aromatic carbocycles. The zero-order valence-corrected chi connectivity index (χ0v) is 23.4. The van der Waals surface area contributed by atoms with Gasteiger partial charge in [0.15, 0.2) is 0 Å². The van der Waals surface area contributed by atoms with Gasteiger partial charge in [0, 0.05) is 42.9 Å². The molecule has 228 valence electrons. The molecule has 4 atom stereocenters. The highest BCUT2D eigenvalue weighted by Gasteiger charge is 2.38. The number of carboxylic acids is 2. The van der Waals surface area contributed by atoms with Gasteiger partial charge in [-0.2, -0.15) is 0 Å². The quantitative estimate of drug-likeness (QED) is 0.150. The van der Waals surface area contributed by atoms with Crippen molar-refractivity contribution in [1.29, 1.82) is 0 Å². The number of nitrogens with zero attached hydrogens (tertiary/aromatic N) is 1. The topological polar surface area (TPSA) is 215 Å². The Kier molecular flexibility index (Phi) is 9.99. The highest BCUT2D eigenvalue weighted by molar-refractivity contribution is 5.95. The Morgan fingerprint density at radius 3 is 2.40 bits per heavy atom. The molecule has 1 aliphatic heterocycles. The number of para-hydroxylation sites is 1. The Morgan fingerprint density at radius 1 is 0.977 bits per heavy atom. The lowest BCUT2D eigenvalue weighted by Gasteiger charge is -2.28. The summed E-state index contributed by atoms with van der Waals surface area (Å²) in [5, 5.41) is 34.6. The lowest BCUT2D eigenvalue weighted by molar-refractivity contribution is -0.143. The third kappa shape index (κ3) is 7.89. The second-order valence-electron chi connectivity index (χ2n) is 10.6. The molecule has 1 saturated heterocycles. The third-order valence-electron chi connectivity index (χ3n) is 7.55. The molecule has 3 aromatic rings. The van der Waals surface area contributed by atoms with E-state index < -0.39 is 53.8 Å². The fraction of sp³-hybridized carbons (Fsp3) is 0.367. The zero-order valence-electron chi connectivity index (χ0n) is 23.4. The fourth-order valence-corrected chi connectivity index (χ4v) is 5.26. The number of H-pyrrole nitrogens is 1. The number of carbonyl (C=O) groups excluding carboxylic acids is 3. The SMILES string of the molecule is NC(CCC(=O)O)C(=O)N1CCCC1C(=O)NC(Cc1ccc(O)cc1)C(=O)NC(Cc1c[nH]c2ccccc12)C(=O)O. The van der Waals surface area contributed by atoms with Crippen molar-refractivity contribution >= 4 is 40.6 Å². The molecular weight excluding hydrogens is 558 g/mol. The van der Waals surface area contributed by atoms with Crippen LogP contribution >= 0.6 is 0 Å². The number of aromatic hydroxyl groups is 1. The van der Waals surface area contributed by atoms with Crippen LogP contribution in [0.5, 0.6) is 5.75 Å². The number of hydrogen-bond acceptors (Lipinski definition) is 7. The number of nitrogens with one attached hydrogen (secondary N) is 3. The van der Waals surface area contributed by atoms with Crippen LogP contribution in [0.15, 0.2) is 54.7 Å². The number of nitrogens with two attached hydrogens (primary N) is 1. The van der Waals surface area contributed by atoms with E-state index in [1.807, 2.05) is 24.3 Å². The summed E-state index contributed by atoms with van der Waals surface area (Å²) >= 11 is 0. The van der Waals surface area contributed by atoms with Gasteiger partial charge in [-0.25, -0.2) is 4.79 Å². The fourth-order valence-electron chi connectivity index (χ4n) is 5.26. The van der Waals surface area contributed by atoms with Crippen LogP contribution in [-0.4, -0.2) is 85.6 Å². The van der Waals surface area contributed by atoms with Crippen LogP contribution in [0.1, 0.15) is 36.8 Å². The molecular formula is C30H35N5O8. The predicted octanol–water partition coefficient (Wildman–Crippen LogP) is 0.896. The first-order chi connectivity index (χ1) is 20.5. The average molecular weight is 594 g/mol. The number of phenolic OH excluding ortho intramolecular Hbond substituents is 1. The number of rotatable bonds is 13. The number of aliphatic carboxylic acids is 2. The summed E-state index contributed by atoms with van der Waals surface area (Å²) < 4.78 is 0. The van der Waals surface area contributed by atoms with Gasteiger partial charge < -0.3 is 41.6 Å². The van der Waals surface area contributed by atoms with Crippen molar-refractivity contribution in [2.45, 2.75) is 62.7 Å². The summed E-state index contributed by atoms with van der Waals surface area (Å²) in [6.07, 6.45) is 2.11. The Balaban J connectivity index is 1.51. The number of aromatic nitrogens is 1. The lowest BCUT2D eigenvalue weighted by atomic mass is 10.0. The minimum absolute atomic E-state index is 0.00982. The normalized spacial score (nSPS) is 16.8. The molecule has 0 bridgehead atoms. The smallest absolute Gasteiger partial charge is 0.326 e. The van der Waals surface area contributed by atoms with E-state index in [2.05, 4.69) is 15.6 Å².